The van der Waals surface area contributed by atoms with Crippen LogP contribution < -0.4 is 10.6 Å². The van der Waals surface area contributed by atoms with Crippen LogP contribution in [0.5, 0.6) is 0 Å². The van der Waals surface area contributed by atoms with E-state index in [4.69, 9.17) is 0 Å². The average molecular weight is 292 g/mol. The van der Waals surface area contributed by atoms with Crippen molar-refractivity contribution in [2.45, 2.75) is 26.8 Å². The Hall–Kier alpha value is -2.37. The fourth-order valence-corrected chi connectivity index (χ4v) is 1.75. The van der Waals surface area contributed by atoms with E-state index in [0.717, 1.165) is 0 Å². The van der Waals surface area contributed by atoms with E-state index in [1.807, 2.05) is 0 Å². The van der Waals surface area contributed by atoms with Gasteiger partial charge in [-0.25, -0.2) is 9.59 Å². The number of Topliss-reactive ketones (excluding diaryl/α,β-unsaturated/α-hetero) is 1. The molecular weight excluding hydrogens is 272 g/mol. The lowest BCUT2D eigenvalue weighted by Crippen LogP contribution is -2.46. The molecule has 1 aromatic rings. The number of methoxy groups -OCH3 is 1. The molecule has 6 nitrogen and oxygen atoms in total. The molecule has 0 aliphatic rings. The number of urea groups is 1. The Labute approximate surface area is 123 Å². The number of carbonyl (C=O) groups is 3. The van der Waals surface area contributed by atoms with E-state index in [1.165, 1.54) is 14.0 Å². The van der Waals surface area contributed by atoms with Gasteiger partial charge in [0.2, 0.25) is 0 Å². The van der Waals surface area contributed by atoms with Crippen molar-refractivity contribution in [3.63, 3.8) is 0 Å². The number of amides is 2. The average Bonchev–Trinajstić information content (AvgIpc) is 2.43. The van der Waals surface area contributed by atoms with Crippen molar-refractivity contribution in [2.24, 2.45) is 5.92 Å². The van der Waals surface area contributed by atoms with Gasteiger partial charge in [-0.2, -0.15) is 0 Å². The molecule has 0 saturated heterocycles. The Morgan fingerprint density at radius 3 is 2.38 bits per heavy atom. The third-order valence-electron chi connectivity index (χ3n) is 2.94. The molecule has 2 N–H and O–H groups in total. The standard InChI is InChI=1S/C15H20N2O4/c1-9(2)13(14(19)21-4)17-15(20)16-12-7-5-6-11(8-12)10(3)18/h5-9,13H,1-4H3,(H2,16,17,20)/t13-/m1/s1. The molecule has 0 aliphatic carbocycles. The number of hydrogen-bond donors (Lipinski definition) is 2. The first-order chi connectivity index (χ1) is 9.85. The van der Waals surface area contributed by atoms with Gasteiger partial charge in [0.05, 0.1) is 7.11 Å². The van der Waals surface area contributed by atoms with Crippen LogP contribution in [-0.4, -0.2) is 30.9 Å². The van der Waals surface area contributed by atoms with Gasteiger partial charge in [-0.3, -0.25) is 4.79 Å². The second kappa shape index (κ2) is 7.42. The zero-order valence-electron chi connectivity index (χ0n) is 12.6. The van der Waals surface area contributed by atoms with Crippen molar-refractivity contribution in [1.29, 1.82) is 0 Å². The Morgan fingerprint density at radius 2 is 1.86 bits per heavy atom. The number of ether oxygens (including phenoxy) is 1. The maximum Gasteiger partial charge on any atom is 0.328 e. The predicted molar refractivity (Wildman–Crippen MR) is 79.2 cm³/mol. The maximum absolute atomic E-state index is 11.9. The smallest absolute Gasteiger partial charge is 0.328 e. The minimum atomic E-state index is -0.731. The van der Waals surface area contributed by atoms with Gasteiger partial charge in [0.25, 0.3) is 0 Å². The Bertz CT molecular complexity index is 540. The summed E-state index contributed by atoms with van der Waals surface area (Å²) < 4.78 is 4.65. The van der Waals surface area contributed by atoms with E-state index >= 15 is 0 Å². The largest absolute Gasteiger partial charge is 0.467 e. The molecule has 2 amide bonds. The number of ketones is 1. The molecule has 0 heterocycles. The summed E-state index contributed by atoms with van der Waals surface area (Å²) in [4.78, 5) is 34.8. The van der Waals surface area contributed by atoms with Crippen LogP contribution in [0.1, 0.15) is 31.1 Å². The first kappa shape index (κ1) is 16.7. The van der Waals surface area contributed by atoms with Crippen molar-refractivity contribution in [1.82, 2.24) is 5.32 Å². The second-order valence-electron chi connectivity index (χ2n) is 4.98. The van der Waals surface area contributed by atoms with Crippen LogP contribution in [0, 0.1) is 5.92 Å². The number of benzene rings is 1. The van der Waals surface area contributed by atoms with Crippen molar-refractivity contribution < 1.29 is 19.1 Å². The minimum Gasteiger partial charge on any atom is -0.467 e. The molecule has 0 bridgehead atoms. The molecule has 1 aromatic carbocycles. The monoisotopic (exact) mass is 292 g/mol. The van der Waals surface area contributed by atoms with E-state index in [0.29, 0.717) is 11.3 Å². The highest BCUT2D eigenvalue weighted by molar-refractivity contribution is 5.97. The topological polar surface area (TPSA) is 84.5 Å². The third kappa shape index (κ3) is 4.91. The molecule has 0 saturated carbocycles. The van der Waals surface area contributed by atoms with Gasteiger partial charge in [-0.15, -0.1) is 0 Å². The van der Waals surface area contributed by atoms with Crippen LogP contribution in [0.3, 0.4) is 0 Å². The summed E-state index contributed by atoms with van der Waals surface area (Å²) in [6.07, 6.45) is 0. The maximum atomic E-state index is 11.9. The summed E-state index contributed by atoms with van der Waals surface area (Å²) in [7, 11) is 1.27. The summed E-state index contributed by atoms with van der Waals surface area (Å²) in [6, 6.07) is 5.31. The fraction of sp³-hybridized carbons (Fsp3) is 0.400. The van der Waals surface area contributed by atoms with Crippen molar-refractivity contribution in [3.05, 3.63) is 29.8 Å². The molecule has 0 radical (unpaired) electrons. The van der Waals surface area contributed by atoms with E-state index in [2.05, 4.69) is 15.4 Å². The molecular formula is C15H20N2O4. The number of carbonyl (C=O) groups excluding carboxylic acids is 3. The van der Waals surface area contributed by atoms with Gasteiger partial charge >= 0.3 is 12.0 Å². The van der Waals surface area contributed by atoms with Crippen LogP contribution in [0.15, 0.2) is 24.3 Å². The molecule has 21 heavy (non-hydrogen) atoms. The zero-order valence-corrected chi connectivity index (χ0v) is 12.6. The van der Waals surface area contributed by atoms with Crippen LogP contribution in [0.2, 0.25) is 0 Å². The molecule has 0 unspecified atom stereocenters. The van der Waals surface area contributed by atoms with Crippen molar-refractivity contribution in [3.8, 4) is 0 Å². The van der Waals surface area contributed by atoms with E-state index in [1.54, 1.807) is 38.1 Å². The molecule has 114 valence electrons. The lowest BCUT2D eigenvalue weighted by Gasteiger charge is -2.20. The van der Waals surface area contributed by atoms with Gasteiger partial charge < -0.3 is 15.4 Å². The highest BCUT2D eigenvalue weighted by Gasteiger charge is 2.24. The Kier molecular flexibility index (Phi) is 5.90. The third-order valence-corrected chi connectivity index (χ3v) is 2.94. The molecule has 0 aromatic heterocycles. The summed E-state index contributed by atoms with van der Waals surface area (Å²) in [6.45, 7) is 5.06. The van der Waals surface area contributed by atoms with Gasteiger partial charge in [0, 0.05) is 11.3 Å². The highest BCUT2D eigenvalue weighted by Crippen LogP contribution is 2.11. The van der Waals surface area contributed by atoms with Gasteiger partial charge in [0.1, 0.15) is 6.04 Å². The lowest BCUT2D eigenvalue weighted by molar-refractivity contribution is -0.143. The zero-order chi connectivity index (χ0) is 16.0. The van der Waals surface area contributed by atoms with Gasteiger partial charge in [-0.1, -0.05) is 26.0 Å². The number of esters is 1. The Morgan fingerprint density at radius 1 is 1.19 bits per heavy atom. The minimum absolute atomic E-state index is 0.0892. The van der Waals surface area contributed by atoms with Gasteiger partial charge in [0.15, 0.2) is 5.78 Å². The molecule has 6 heteroatoms. The van der Waals surface area contributed by atoms with Crippen molar-refractivity contribution in [2.75, 3.05) is 12.4 Å². The number of nitrogens with one attached hydrogen (secondary N) is 2. The van der Waals surface area contributed by atoms with E-state index in [-0.39, 0.29) is 11.7 Å². The van der Waals surface area contributed by atoms with E-state index in [9.17, 15) is 14.4 Å². The first-order valence-corrected chi connectivity index (χ1v) is 6.61. The molecule has 0 fully saturated rings. The Balaban J connectivity index is 2.74. The summed E-state index contributed by atoms with van der Waals surface area (Å²) in [5.41, 5.74) is 0.980. The number of rotatable bonds is 5. The fourth-order valence-electron chi connectivity index (χ4n) is 1.75. The van der Waals surface area contributed by atoms with E-state index < -0.39 is 18.0 Å². The van der Waals surface area contributed by atoms with Crippen LogP contribution in [0.25, 0.3) is 0 Å². The molecule has 0 aliphatic heterocycles. The molecule has 0 spiro atoms. The van der Waals surface area contributed by atoms with Crippen LogP contribution in [-0.2, 0) is 9.53 Å². The van der Waals surface area contributed by atoms with Gasteiger partial charge in [-0.05, 0) is 25.0 Å². The highest BCUT2D eigenvalue weighted by atomic mass is 16.5. The van der Waals surface area contributed by atoms with Crippen molar-refractivity contribution >= 4 is 23.5 Å². The predicted octanol–water partition coefficient (Wildman–Crippen LogP) is 2.21. The molecule has 1 rings (SSSR count). The first-order valence-electron chi connectivity index (χ1n) is 6.61. The van der Waals surface area contributed by atoms with Crippen LogP contribution >= 0.6 is 0 Å². The summed E-state index contributed by atoms with van der Waals surface area (Å²) in [5, 5.41) is 5.15. The second-order valence-corrected chi connectivity index (χ2v) is 4.98. The quantitative estimate of drug-likeness (QED) is 0.643. The SMILES string of the molecule is COC(=O)[C@H](NC(=O)Nc1cccc(C(C)=O)c1)C(C)C. The lowest BCUT2D eigenvalue weighted by atomic mass is 10.1. The summed E-state index contributed by atoms with van der Waals surface area (Å²) in [5.74, 6) is -0.696. The normalized spacial score (nSPS) is 11.7. The summed E-state index contributed by atoms with van der Waals surface area (Å²) >= 11 is 0. The number of anilines is 1. The molecule has 1 atom stereocenters. The van der Waals surface area contributed by atoms with Crippen LogP contribution in [0.4, 0.5) is 10.5 Å². The number of hydrogen-bond acceptors (Lipinski definition) is 4.